The normalized spacial score (nSPS) is 17.0. The third-order valence-electron chi connectivity index (χ3n) is 11.3. The molecule has 0 rings (SSSR count). The van der Waals surface area contributed by atoms with Gasteiger partial charge in [0.25, 0.3) is 0 Å². The Balaban J connectivity index is 4.72. The van der Waals surface area contributed by atoms with Gasteiger partial charge in [0.05, 0.1) is 47.6 Å². The van der Waals surface area contributed by atoms with Crippen LogP contribution in [0.1, 0.15) is 185 Å². The van der Waals surface area contributed by atoms with Crippen LogP contribution in [-0.2, 0) is 23.1 Å². The van der Waals surface area contributed by atoms with Crippen molar-refractivity contribution < 1.29 is 32.5 Å². The number of rotatable bonds is 38. The van der Waals surface area contributed by atoms with Crippen LogP contribution >= 0.6 is 7.82 Å². The van der Waals surface area contributed by atoms with Crippen molar-refractivity contribution >= 4 is 7.82 Å². The highest BCUT2D eigenvalue weighted by molar-refractivity contribution is 7.47. The first kappa shape index (κ1) is 55.5. The molecule has 0 bridgehead atoms. The first-order valence-corrected chi connectivity index (χ1v) is 24.7. The fraction of sp³-hybridized carbons (Fsp3) is 0.917. The van der Waals surface area contributed by atoms with Gasteiger partial charge in [0.1, 0.15) is 19.3 Å². The van der Waals surface area contributed by atoms with Crippen LogP contribution in [0.2, 0.25) is 0 Å². The van der Waals surface area contributed by atoms with Gasteiger partial charge in [-0.3, -0.25) is 9.05 Å². The van der Waals surface area contributed by atoms with Crippen LogP contribution in [0, 0.1) is 35.5 Å². The van der Waals surface area contributed by atoms with Gasteiger partial charge in [-0.25, -0.2) is 4.57 Å². The molecule has 6 atom stereocenters. The number of likely N-dealkylation sites (N-methyl/N-ethyl adjacent to an activating group) is 1. The summed E-state index contributed by atoms with van der Waals surface area (Å²) in [6.07, 6.45) is 27.1. The van der Waals surface area contributed by atoms with E-state index in [1.54, 1.807) is 0 Å². The molecule has 1 N–H and O–H groups in total. The Morgan fingerprint density at radius 1 is 0.571 bits per heavy atom. The average molecular weight is 815 g/mol. The molecule has 7 nitrogen and oxygen atoms in total. The van der Waals surface area contributed by atoms with E-state index in [-0.39, 0.29) is 19.8 Å². The highest BCUT2D eigenvalue weighted by Gasteiger charge is 2.25. The molecule has 0 aromatic carbocycles. The lowest BCUT2D eigenvalue weighted by atomic mass is 9.91. The van der Waals surface area contributed by atoms with Crippen molar-refractivity contribution in [1.82, 2.24) is 0 Å². The molecule has 0 heterocycles. The summed E-state index contributed by atoms with van der Waals surface area (Å²) < 4.78 is 36.0. The fourth-order valence-corrected chi connectivity index (χ4v) is 7.88. The van der Waals surface area contributed by atoms with Crippen LogP contribution < -0.4 is 0 Å². The van der Waals surface area contributed by atoms with E-state index in [4.69, 9.17) is 18.5 Å². The summed E-state index contributed by atoms with van der Waals surface area (Å²) in [5.74, 6) is 4.87. The maximum absolute atomic E-state index is 12.6. The van der Waals surface area contributed by atoms with E-state index >= 15 is 0 Å². The third kappa shape index (κ3) is 37.7. The zero-order valence-electron chi connectivity index (χ0n) is 39.5. The molecule has 8 heteroatoms. The van der Waals surface area contributed by atoms with Crippen molar-refractivity contribution in [3.8, 4) is 0 Å². The van der Waals surface area contributed by atoms with Crippen LogP contribution in [-0.4, -0.2) is 76.2 Å². The SMILES string of the molecule is C/C(=C\COC[C@H](COP(=O)(O)OCC[N+](C)(C)C)OC/C=C(\C)CCC[C@H](C)CCC[C@H](C)CCCC(C)C)CCC[C@H](C)CCC[C@H](C)CCCC(C)C. The maximum atomic E-state index is 12.6. The molecule has 0 saturated heterocycles. The molecule has 56 heavy (non-hydrogen) atoms. The number of quaternary nitrogens is 1. The van der Waals surface area contributed by atoms with Crippen molar-refractivity contribution in [2.24, 2.45) is 35.5 Å². The van der Waals surface area contributed by atoms with Gasteiger partial charge in [-0.05, 0) is 75.0 Å². The van der Waals surface area contributed by atoms with Crippen LogP contribution in [0.15, 0.2) is 23.3 Å². The second kappa shape index (κ2) is 33.2. The highest BCUT2D eigenvalue weighted by atomic mass is 31.2. The molecule has 0 aliphatic carbocycles. The summed E-state index contributed by atoms with van der Waals surface area (Å²) in [7, 11) is 1.83. The molecule has 0 aliphatic rings. The van der Waals surface area contributed by atoms with Crippen molar-refractivity contribution in [3.05, 3.63) is 23.3 Å². The number of phosphoric acid groups is 1. The molecule has 334 valence electrons. The minimum atomic E-state index is -4.20. The Morgan fingerprint density at radius 2 is 0.964 bits per heavy atom. The van der Waals surface area contributed by atoms with E-state index in [9.17, 15) is 9.46 Å². The minimum absolute atomic E-state index is 0.0732. The minimum Gasteiger partial charge on any atom is -0.375 e. The first-order valence-electron chi connectivity index (χ1n) is 23.2. The summed E-state index contributed by atoms with van der Waals surface area (Å²) in [6, 6.07) is 0. The summed E-state index contributed by atoms with van der Waals surface area (Å²) in [5.41, 5.74) is 2.65. The average Bonchev–Trinajstić information content (AvgIpc) is 3.07. The summed E-state index contributed by atoms with van der Waals surface area (Å²) in [5, 5.41) is 0. The highest BCUT2D eigenvalue weighted by Crippen LogP contribution is 2.43. The topological polar surface area (TPSA) is 74.2 Å². The maximum Gasteiger partial charge on any atom is 0.472 e. The number of nitrogens with zero attached hydrogens (tertiary/aromatic N) is 1. The van der Waals surface area contributed by atoms with Gasteiger partial charge in [0.15, 0.2) is 0 Å². The molecule has 0 aliphatic heterocycles. The lowest BCUT2D eigenvalue weighted by Gasteiger charge is -2.24. The van der Waals surface area contributed by atoms with E-state index < -0.39 is 13.9 Å². The Bertz CT molecular complexity index is 1040. The largest absolute Gasteiger partial charge is 0.472 e. The Labute approximate surface area is 349 Å². The first-order chi connectivity index (χ1) is 26.3. The molecular formula is C48H97NO6P+. The van der Waals surface area contributed by atoms with E-state index in [0.717, 1.165) is 48.3 Å². The van der Waals surface area contributed by atoms with Gasteiger partial charge in [0, 0.05) is 0 Å². The molecule has 0 radical (unpaired) electrons. The molecule has 0 amide bonds. The van der Waals surface area contributed by atoms with E-state index in [0.29, 0.717) is 24.2 Å². The monoisotopic (exact) mass is 815 g/mol. The molecule has 0 aromatic rings. The van der Waals surface area contributed by atoms with Crippen molar-refractivity contribution in [1.29, 1.82) is 0 Å². The predicted molar refractivity (Wildman–Crippen MR) is 242 cm³/mol. The Hall–Kier alpha value is -0.530. The second-order valence-corrected chi connectivity index (χ2v) is 21.4. The summed E-state index contributed by atoms with van der Waals surface area (Å²) >= 11 is 0. The van der Waals surface area contributed by atoms with Crippen molar-refractivity contribution in [2.45, 2.75) is 191 Å². The van der Waals surface area contributed by atoms with Gasteiger partial charge >= 0.3 is 7.82 Å². The number of ether oxygens (including phenoxy) is 2. The van der Waals surface area contributed by atoms with Crippen LogP contribution in [0.3, 0.4) is 0 Å². The summed E-state index contributed by atoms with van der Waals surface area (Å²) in [6.45, 7) is 25.1. The molecule has 0 saturated carbocycles. The van der Waals surface area contributed by atoms with Gasteiger partial charge in [-0.2, -0.15) is 0 Å². The van der Waals surface area contributed by atoms with Gasteiger partial charge in [0.2, 0.25) is 0 Å². The van der Waals surface area contributed by atoms with Crippen LogP contribution in [0.25, 0.3) is 0 Å². The molecule has 0 spiro atoms. The van der Waals surface area contributed by atoms with Crippen molar-refractivity contribution in [3.63, 3.8) is 0 Å². The number of hydrogen-bond acceptors (Lipinski definition) is 5. The quantitative estimate of drug-likeness (QED) is 0.0290. The zero-order valence-corrected chi connectivity index (χ0v) is 40.4. The van der Waals surface area contributed by atoms with Gasteiger partial charge in [-0.15, -0.1) is 0 Å². The van der Waals surface area contributed by atoms with E-state index in [2.05, 4.69) is 81.4 Å². The molecule has 1 unspecified atom stereocenters. The molecule has 0 aromatic heterocycles. The Kier molecular flexibility index (Phi) is 32.9. The third-order valence-corrected chi connectivity index (χ3v) is 12.3. The number of phosphoric ester groups is 1. The van der Waals surface area contributed by atoms with Crippen LogP contribution in [0.5, 0.6) is 0 Å². The molecule has 0 fully saturated rings. The lowest BCUT2D eigenvalue weighted by Crippen LogP contribution is -2.37. The number of allylic oxidation sites excluding steroid dienone is 2. The zero-order chi connectivity index (χ0) is 42.4. The predicted octanol–water partition coefficient (Wildman–Crippen LogP) is 14.0. The lowest BCUT2D eigenvalue weighted by molar-refractivity contribution is -0.870. The van der Waals surface area contributed by atoms with Crippen LogP contribution in [0.4, 0.5) is 0 Å². The van der Waals surface area contributed by atoms with Gasteiger partial charge in [-0.1, -0.05) is 169 Å². The van der Waals surface area contributed by atoms with Crippen molar-refractivity contribution in [2.75, 3.05) is 60.7 Å². The van der Waals surface area contributed by atoms with E-state index in [1.165, 1.54) is 114 Å². The summed E-state index contributed by atoms with van der Waals surface area (Å²) in [4.78, 5) is 10.3. The molecular weight excluding hydrogens is 718 g/mol. The smallest absolute Gasteiger partial charge is 0.375 e. The standard InChI is InChI=1S/C48H96NO6P/c1-40(2)20-14-22-42(5)24-16-26-44(7)28-18-30-46(9)32-35-52-38-48(39-55-56(50,51)54-37-34-49(11,12)13)53-36-33-47(10)31-19-29-45(8)27-17-25-43(6)23-15-21-41(3)4/h32-33,40-45,48H,14-31,34-39H2,1-13H3/p+1/b46-32+,47-33+/t42-,43-,44-,45-,48-/m1/s1. The van der Waals surface area contributed by atoms with E-state index in [1.807, 2.05) is 21.1 Å². The second-order valence-electron chi connectivity index (χ2n) is 19.9. The van der Waals surface area contributed by atoms with Gasteiger partial charge < -0.3 is 18.9 Å². The fourth-order valence-electron chi connectivity index (χ4n) is 7.13. The Morgan fingerprint density at radius 3 is 1.38 bits per heavy atom. The number of hydrogen-bond donors (Lipinski definition) is 1.